The molecule has 0 fully saturated rings. The van der Waals surface area contributed by atoms with Crippen molar-refractivity contribution >= 4 is 23.4 Å². The quantitative estimate of drug-likeness (QED) is 0.399. The third-order valence-electron chi connectivity index (χ3n) is 4.51. The highest BCUT2D eigenvalue weighted by Gasteiger charge is 2.14. The van der Waals surface area contributed by atoms with Crippen molar-refractivity contribution in [3.63, 3.8) is 0 Å². The van der Waals surface area contributed by atoms with Crippen molar-refractivity contribution in [3.05, 3.63) is 59.2 Å². The molecule has 0 radical (unpaired) electrons. The molecule has 3 N–H and O–H groups in total. The molecule has 0 aliphatic heterocycles. The van der Waals surface area contributed by atoms with E-state index >= 15 is 0 Å². The van der Waals surface area contributed by atoms with Crippen molar-refractivity contribution in [2.24, 2.45) is 0 Å². The molecular formula is C23H29N3O5. The number of hydrogen-bond donors (Lipinski definition) is 3. The second-order valence-electron chi connectivity index (χ2n) is 6.89. The molecule has 2 rings (SSSR count). The number of amides is 3. The first-order valence-corrected chi connectivity index (χ1v) is 10.2. The summed E-state index contributed by atoms with van der Waals surface area (Å²) in [6, 6.07) is 12.3. The summed E-state index contributed by atoms with van der Waals surface area (Å²) in [5.41, 5.74) is 7.84. The van der Waals surface area contributed by atoms with Crippen LogP contribution in [0, 0.1) is 13.8 Å². The summed E-state index contributed by atoms with van der Waals surface area (Å²) < 4.78 is 10.8. The van der Waals surface area contributed by atoms with Crippen LogP contribution in [0.2, 0.25) is 0 Å². The predicted molar refractivity (Wildman–Crippen MR) is 118 cm³/mol. The van der Waals surface area contributed by atoms with Crippen molar-refractivity contribution in [1.29, 1.82) is 0 Å². The second kappa shape index (κ2) is 12.3. The molecule has 2 aromatic rings. The number of rotatable bonds is 10. The number of para-hydroxylation sites is 1. The SMILES string of the molecule is CCOCCOc1ccccc1C(=O)NNC(=O)CCC(=O)Nc1ccc(C)c(C)c1. The minimum Gasteiger partial charge on any atom is -0.490 e. The van der Waals surface area contributed by atoms with Gasteiger partial charge in [0.15, 0.2) is 0 Å². The molecule has 31 heavy (non-hydrogen) atoms. The van der Waals surface area contributed by atoms with Crippen molar-refractivity contribution in [1.82, 2.24) is 10.9 Å². The van der Waals surface area contributed by atoms with E-state index in [2.05, 4.69) is 16.2 Å². The lowest BCUT2D eigenvalue weighted by molar-refractivity contribution is -0.124. The molecule has 0 saturated carbocycles. The fourth-order valence-corrected chi connectivity index (χ4v) is 2.66. The Labute approximate surface area is 182 Å². The number of anilines is 1. The van der Waals surface area contributed by atoms with Crippen molar-refractivity contribution < 1.29 is 23.9 Å². The summed E-state index contributed by atoms with van der Waals surface area (Å²) in [6.07, 6.45) is -0.0742. The number of carbonyl (C=O) groups excluding carboxylic acids is 3. The van der Waals surface area contributed by atoms with Crippen LogP contribution < -0.4 is 20.9 Å². The molecule has 0 heterocycles. The molecule has 8 heteroatoms. The van der Waals surface area contributed by atoms with E-state index in [1.165, 1.54) is 0 Å². The van der Waals surface area contributed by atoms with E-state index in [4.69, 9.17) is 9.47 Å². The Hall–Kier alpha value is -3.39. The fraction of sp³-hybridized carbons (Fsp3) is 0.348. The van der Waals surface area contributed by atoms with Gasteiger partial charge < -0.3 is 14.8 Å². The Bertz CT molecular complexity index is 914. The second-order valence-corrected chi connectivity index (χ2v) is 6.89. The lowest BCUT2D eigenvalue weighted by Crippen LogP contribution is -2.42. The van der Waals surface area contributed by atoms with Gasteiger partial charge in [0.1, 0.15) is 12.4 Å². The predicted octanol–water partition coefficient (Wildman–Crippen LogP) is 2.90. The smallest absolute Gasteiger partial charge is 0.273 e. The van der Waals surface area contributed by atoms with Gasteiger partial charge in [0.2, 0.25) is 11.8 Å². The van der Waals surface area contributed by atoms with Gasteiger partial charge >= 0.3 is 0 Å². The molecule has 0 aliphatic carbocycles. The largest absolute Gasteiger partial charge is 0.490 e. The van der Waals surface area contributed by atoms with Gasteiger partial charge in [-0.15, -0.1) is 0 Å². The van der Waals surface area contributed by atoms with Gasteiger partial charge in [-0.1, -0.05) is 18.2 Å². The molecule has 0 bridgehead atoms. The number of carbonyl (C=O) groups is 3. The van der Waals surface area contributed by atoms with Crippen LogP contribution in [0.4, 0.5) is 5.69 Å². The molecule has 8 nitrogen and oxygen atoms in total. The summed E-state index contributed by atoms with van der Waals surface area (Å²) in [4.78, 5) is 36.5. The third-order valence-corrected chi connectivity index (χ3v) is 4.51. The first kappa shape index (κ1) is 23.9. The van der Waals surface area contributed by atoms with Crippen LogP contribution in [0.15, 0.2) is 42.5 Å². The van der Waals surface area contributed by atoms with Gasteiger partial charge in [0.25, 0.3) is 5.91 Å². The van der Waals surface area contributed by atoms with Crippen LogP contribution >= 0.6 is 0 Å². The zero-order valence-electron chi connectivity index (χ0n) is 18.1. The topological polar surface area (TPSA) is 106 Å². The Balaban J connectivity index is 1.77. The maximum atomic E-state index is 12.4. The Morgan fingerprint density at radius 3 is 2.35 bits per heavy atom. The molecule has 2 aromatic carbocycles. The Morgan fingerprint density at radius 2 is 1.61 bits per heavy atom. The highest BCUT2D eigenvalue weighted by Crippen LogP contribution is 2.17. The summed E-state index contributed by atoms with van der Waals surface area (Å²) in [6.45, 7) is 7.14. The van der Waals surface area contributed by atoms with Crippen LogP contribution in [0.25, 0.3) is 0 Å². The maximum Gasteiger partial charge on any atom is 0.273 e. The molecule has 166 valence electrons. The maximum absolute atomic E-state index is 12.4. The summed E-state index contributed by atoms with van der Waals surface area (Å²) in [5, 5.41) is 2.76. The van der Waals surface area contributed by atoms with E-state index < -0.39 is 11.8 Å². The number of hydrazine groups is 1. The Kier molecular flexibility index (Phi) is 9.51. The van der Waals surface area contributed by atoms with Gasteiger partial charge in [-0.05, 0) is 56.2 Å². The summed E-state index contributed by atoms with van der Waals surface area (Å²) in [5.74, 6) is -0.877. The van der Waals surface area contributed by atoms with E-state index in [9.17, 15) is 14.4 Å². The van der Waals surface area contributed by atoms with E-state index in [-0.39, 0.29) is 24.3 Å². The van der Waals surface area contributed by atoms with E-state index in [1.54, 1.807) is 24.3 Å². The van der Waals surface area contributed by atoms with Crippen LogP contribution in [0.5, 0.6) is 5.75 Å². The fourth-order valence-electron chi connectivity index (χ4n) is 2.66. The average molecular weight is 428 g/mol. The number of benzene rings is 2. The minimum atomic E-state index is -0.514. The molecule has 0 aliphatic rings. The average Bonchev–Trinajstić information content (AvgIpc) is 2.76. The standard InChI is InChI=1S/C23H29N3O5/c1-4-30-13-14-31-20-8-6-5-7-19(20)23(29)26-25-22(28)12-11-21(27)24-18-10-9-16(2)17(3)15-18/h5-10,15H,4,11-14H2,1-3H3,(H,24,27)(H,25,28)(H,26,29). The number of nitrogens with one attached hydrogen (secondary N) is 3. The molecule has 0 unspecified atom stereocenters. The third kappa shape index (κ3) is 8.10. The van der Waals surface area contributed by atoms with Gasteiger partial charge in [-0.3, -0.25) is 25.2 Å². The zero-order valence-corrected chi connectivity index (χ0v) is 18.1. The molecular weight excluding hydrogens is 398 g/mol. The zero-order chi connectivity index (χ0) is 22.6. The van der Waals surface area contributed by atoms with Crippen molar-refractivity contribution in [2.45, 2.75) is 33.6 Å². The van der Waals surface area contributed by atoms with Gasteiger partial charge in [-0.25, -0.2) is 0 Å². The normalized spacial score (nSPS) is 10.3. The summed E-state index contributed by atoms with van der Waals surface area (Å²) in [7, 11) is 0. The monoisotopic (exact) mass is 427 g/mol. The van der Waals surface area contributed by atoms with Crippen LogP contribution in [0.3, 0.4) is 0 Å². The van der Waals surface area contributed by atoms with E-state index in [0.29, 0.717) is 31.3 Å². The lowest BCUT2D eigenvalue weighted by Gasteiger charge is -2.12. The lowest BCUT2D eigenvalue weighted by atomic mass is 10.1. The van der Waals surface area contributed by atoms with Crippen molar-refractivity contribution in [2.75, 3.05) is 25.1 Å². The molecule has 0 atom stereocenters. The molecule has 0 aromatic heterocycles. The van der Waals surface area contributed by atoms with E-state index in [0.717, 1.165) is 11.1 Å². The molecule has 0 spiro atoms. The number of aryl methyl sites for hydroxylation is 2. The first-order chi connectivity index (χ1) is 14.9. The number of ether oxygens (including phenoxy) is 2. The van der Waals surface area contributed by atoms with Gasteiger partial charge in [0.05, 0.1) is 12.2 Å². The first-order valence-electron chi connectivity index (χ1n) is 10.2. The minimum absolute atomic E-state index is 0.00818. The molecule has 0 saturated heterocycles. The van der Waals surface area contributed by atoms with Crippen LogP contribution in [-0.2, 0) is 14.3 Å². The summed E-state index contributed by atoms with van der Waals surface area (Å²) >= 11 is 0. The van der Waals surface area contributed by atoms with Gasteiger partial charge in [-0.2, -0.15) is 0 Å². The highest BCUT2D eigenvalue weighted by molar-refractivity contribution is 5.98. The number of hydrogen-bond acceptors (Lipinski definition) is 5. The molecule has 3 amide bonds. The van der Waals surface area contributed by atoms with Crippen LogP contribution in [-0.4, -0.2) is 37.5 Å². The highest BCUT2D eigenvalue weighted by atomic mass is 16.5. The Morgan fingerprint density at radius 1 is 0.871 bits per heavy atom. The van der Waals surface area contributed by atoms with Gasteiger partial charge in [0, 0.05) is 25.1 Å². The van der Waals surface area contributed by atoms with Crippen molar-refractivity contribution in [3.8, 4) is 5.75 Å². The van der Waals surface area contributed by atoms with E-state index in [1.807, 2.05) is 39.0 Å². The van der Waals surface area contributed by atoms with Crippen LogP contribution in [0.1, 0.15) is 41.3 Å².